The molecule has 13 nitrogen and oxygen atoms in total. The number of imidazole rings is 1. The highest BCUT2D eigenvalue weighted by atomic mass is 16.2. The molecule has 1 fully saturated rings. The number of fused-ring (bicyclic) bond motifs is 1. The van der Waals surface area contributed by atoms with Crippen molar-refractivity contribution in [3.63, 3.8) is 0 Å². The molecule has 4 aromatic rings. The number of carbonyl (C=O) groups is 4. The summed E-state index contributed by atoms with van der Waals surface area (Å²) < 4.78 is 3.18. The maximum atomic E-state index is 12.9. The van der Waals surface area contributed by atoms with Crippen LogP contribution in [-0.2, 0) is 16.1 Å². The van der Waals surface area contributed by atoms with Gasteiger partial charge in [0.15, 0.2) is 5.69 Å². The maximum absolute atomic E-state index is 12.9. The summed E-state index contributed by atoms with van der Waals surface area (Å²) in [6.45, 7) is 0.235. The topological polar surface area (TPSA) is 157 Å². The fraction of sp³-hybridized carbons (Fsp3) is 0.167. The van der Waals surface area contributed by atoms with E-state index >= 15 is 0 Å². The quantitative estimate of drug-likeness (QED) is 0.385. The lowest BCUT2D eigenvalue weighted by atomic mass is 10.0. The summed E-state index contributed by atoms with van der Waals surface area (Å²) in [5, 5.41) is 13.0. The lowest BCUT2D eigenvalue weighted by molar-refractivity contribution is -0.136. The highest BCUT2D eigenvalue weighted by Gasteiger charge is 2.39. The van der Waals surface area contributed by atoms with Gasteiger partial charge >= 0.3 is 0 Å². The van der Waals surface area contributed by atoms with E-state index in [0.717, 1.165) is 5.56 Å². The van der Waals surface area contributed by atoms with Gasteiger partial charge in [0.1, 0.15) is 18.2 Å². The zero-order chi connectivity index (χ0) is 25.5. The SMILES string of the molecule is O=C1CCC(N2Cc3cc(-n4cc(C(=O)Nc5ccc(-n6ccnc6)nc5)nn4)ccc3C2=O)C(=O)N1. The molecule has 6 rings (SSSR count). The summed E-state index contributed by atoms with van der Waals surface area (Å²) in [6, 6.07) is 7.90. The number of pyridine rings is 1. The van der Waals surface area contributed by atoms with E-state index in [2.05, 4.69) is 30.9 Å². The van der Waals surface area contributed by atoms with E-state index in [0.29, 0.717) is 29.2 Å². The number of nitrogens with zero attached hydrogens (tertiary/aromatic N) is 7. The van der Waals surface area contributed by atoms with Crippen molar-refractivity contribution >= 4 is 29.3 Å². The van der Waals surface area contributed by atoms with E-state index in [1.807, 2.05) is 0 Å². The van der Waals surface area contributed by atoms with E-state index < -0.39 is 17.9 Å². The molecule has 2 N–H and O–H groups in total. The Morgan fingerprint density at radius 3 is 2.78 bits per heavy atom. The lowest BCUT2D eigenvalue weighted by Crippen LogP contribution is -2.52. The predicted molar refractivity (Wildman–Crippen MR) is 127 cm³/mol. The van der Waals surface area contributed by atoms with Gasteiger partial charge in [0.05, 0.1) is 23.8 Å². The lowest BCUT2D eigenvalue weighted by Gasteiger charge is -2.29. The Kier molecular flexibility index (Phi) is 5.29. The second kappa shape index (κ2) is 8.78. The van der Waals surface area contributed by atoms with Crippen LogP contribution in [0.4, 0.5) is 5.69 Å². The highest BCUT2D eigenvalue weighted by Crippen LogP contribution is 2.29. The molecule has 0 bridgehead atoms. The number of aromatic nitrogens is 6. The van der Waals surface area contributed by atoms with Gasteiger partial charge in [0, 0.05) is 30.9 Å². The molecular formula is C24H19N9O4. The molecule has 1 atom stereocenters. The van der Waals surface area contributed by atoms with Crippen molar-refractivity contribution in [2.45, 2.75) is 25.4 Å². The van der Waals surface area contributed by atoms with Crippen molar-refractivity contribution in [2.75, 3.05) is 5.32 Å². The van der Waals surface area contributed by atoms with Crippen LogP contribution in [0.3, 0.4) is 0 Å². The van der Waals surface area contributed by atoms with Crippen LogP contribution in [-0.4, -0.2) is 64.1 Å². The first-order valence-electron chi connectivity index (χ1n) is 11.4. The number of benzene rings is 1. The average Bonchev–Trinajstić information content (AvgIpc) is 3.66. The molecule has 5 heterocycles. The van der Waals surface area contributed by atoms with Crippen LogP contribution in [0.1, 0.15) is 39.3 Å². The third-order valence-electron chi connectivity index (χ3n) is 6.27. The smallest absolute Gasteiger partial charge is 0.277 e. The molecule has 0 radical (unpaired) electrons. The molecule has 1 unspecified atom stereocenters. The molecule has 13 heteroatoms. The summed E-state index contributed by atoms with van der Waals surface area (Å²) in [4.78, 5) is 59.0. The standard InChI is InChI=1S/C24H19N9O4/c34-21-6-4-19(23(36)28-21)32-11-14-9-16(2-3-17(14)24(32)37)33-12-18(29-30-33)22(35)27-15-1-5-20(26-10-15)31-8-7-25-13-31/h1-3,5,7-10,12-13,19H,4,6,11H2,(H,27,35)(H,28,34,36). The Hall–Kier alpha value is -5.20. The number of hydrogen-bond donors (Lipinski definition) is 2. The number of imide groups is 1. The van der Waals surface area contributed by atoms with Gasteiger partial charge < -0.3 is 10.2 Å². The Morgan fingerprint density at radius 2 is 2.03 bits per heavy atom. The number of rotatable bonds is 5. The van der Waals surface area contributed by atoms with Gasteiger partial charge in [-0.15, -0.1) is 5.10 Å². The minimum absolute atomic E-state index is 0.0976. The van der Waals surface area contributed by atoms with Crippen LogP contribution in [0.25, 0.3) is 11.5 Å². The number of carbonyl (C=O) groups excluding carboxylic acids is 4. The molecule has 37 heavy (non-hydrogen) atoms. The molecular weight excluding hydrogens is 478 g/mol. The molecule has 2 aliphatic heterocycles. The number of hydrogen-bond acceptors (Lipinski definition) is 8. The molecule has 0 aliphatic carbocycles. The van der Waals surface area contributed by atoms with Crippen LogP contribution in [0.15, 0.2) is 61.4 Å². The Morgan fingerprint density at radius 1 is 1.14 bits per heavy atom. The molecule has 3 aromatic heterocycles. The largest absolute Gasteiger partial charge is 0.322 e. The zero-order valence-electron chi connectivity index (χ0n) is 19.2. The Bertz CT molecular complexity index is 1540. The number of anilines is 1. The van der Waals surface area contributed by atoms with Gasteiger partial charge in [0.2, 0.25) is 11.8 Å². The first-order valence-corrected chi connectivity index (χ1v) is 11.4. The van der Waals surface area contributed by atoms with Gasteiger partial charge in [0.25, 0.3) is 11.8 Å². The highest BCUT2D eigenvalue weighted by molar-refractivity contribution is 6.05. The maximum Gasteiger partial charge on any atom is 0.277 e. The normalized spacial score (nSPS) is 17.0. The fourth-order valence-electron chi connectivity index (χ4n) is 4.40. The molecule has 0 saturated carbocycles. The minimum atomic E-state index is -0.689. The van der Waals surface area contributed by atoms with Crippen molar-refractivity contribution in [1.82, 2.24) is 39.7 Å². The molecule has 2 aliphatic rings. The van der Waals surface area contributed by atoms with Gasteiger partial charge in [-0.2, -0.15) is 0 Å². The van der Waals surface area contributed by atoms with Gasteiger partial charge in [-0.05, 0) is 42.3 Å². The van der Waals surface area contributed by atoms with Crippen LogP contribution in [0, 0.1) is 0 Å². The summed E-state index contributed by atoms with van der Waals surface area (Å²) in [7, 11) is 0. The van der Waals surface area contributed by atoms with Crippen molar-refractivity contribution in [2.24, 2.45) is 0 Å². The van der Waals surface area contributed by atoms with Crippen molar-refractivity contribution in [3.05, 3.63) is 78.3 Å². The van der Waals surface area contributed by atoms with Gasteiger partial charge in [-0.25, -0.2) is 14.6 Å². The van der Waals surface area contributed by atoms with E-state index in [4.69, 9.17) is 0 Å². The summed E-state index contributed by atoms with van der Waals surface area (Å²) in [6.07, 6.45) is 8.54. The first kappa shape index (κ1) is 22.3. The first-order chi connectivity index (χ1) is 18.0. The van der Waals surface area contributed by atoms with Crippen molar-refractivity contribution in [3.8, 4) is 11.5 Å². The molecule has 4 amide bonds. The molecule has 0 spiro atoms. The zero-order valence-corrected chi connectivity index (χ0v) is 19.2. The second-order valence-electron chi connectivity index (χ2n) is 8.62. The van der Waals surface area contributed by atoms with Crippen LogP contribution in [0.5, 0.6) is 0 Å². The Balaban J connectivity index is 1.15. The summed E-state index contributed by atoms with van der Waals surface area (Å²) >= 11 is 0. The minimum Gasteiger partial charge on any atom is -0.322 e. The van der Waals surface area contributed by atoms with Gasteiger partial charge in [-0.1, -0.05) is 5.21 Å². The summed E-state index contributed by atoms with van der Waals surface area (Å²) in [5.41, 5.74) is 2.40. The van der Waals surface area contributed by atoms with Crippen molar-refractivity contribution in [1.29, 1.82) is 0 Å². The fourth-order valence-corrected chi connectivity index (χ4v) is 4.40. The van der Waals surface area contributed by atoms with Crippen LogP contribution >= 0.6 is 0 Å². The average molecular weight is 497 g/mol. The summed E-state index contributed by atoms with van der Waals surface area (Å²) in [5.74, 6) is -0.850. The molecule has 1 aromatic carbocycles. The van der Waals surface area contributed by atoms with E-state index in [1.165, 1.54) is 22.0 Å². The Labute approximate surface area is 209 Å². The third kappa shape index (κ3) is 4.11. The number of amides is 4. The molecule has 184 valence electrons. The number of piperidine rings is 1. The van der Waals surface area contributed by atoms with E-state index in [-0.39, 0.29) is 30.5 Å². The van der Waals surface area contributed by atoms with Crippen LogP contribution < -0.4 is 10.6 Å². The van der Waals surface area contributed by atoms with E-state index in [9.17, 15) is 19.2 Å². The predicted octanol–water partition coefficient (Wildman–Crippen LogP) is 0.861. The van der Waals surface area contributed by atoms with E-state index in [1.54, 1.807) is 53.6 Å². The second-order valence-corrected chi connectivity index (χ2v) is 8.62. The number of nitrogens with one attached hydrogen (secondary N) is 2. The third-order valence-corrected chi connectivity index (χ3v) is 6.27. The van der Waals surface area contributed by atoms with Crippen molar-refractivity contribution < 1.29 is 19.2 Å². The molecule has 1 saturated heterocycles. The van der Waals surface area contributed by atoms with Crippen LogP contribution in [0.2, 0.25) is 0 Å². The van der Waals surface area contributed by atoms with Gasteiger partial charge in [-0.3, -0.25) is 29.1 Å². The monoisotopic (exact) mass is 497 g/mol.